The van der Waals surface area contributed by atoms with Gasteiger partial charge in [-0.05, 0) is 24.6 Å². The molecule has 3 rings (SSSR count). The Morgan fingerprint density at radius 2 is 1.65 bits per heavy atom. The smallest absolute Gasteiger partial charge is 0.293 e. The fourth-order valence-electron chi connectivity index (χ4n) is 2.54. The topological polar surface area (TPSA) is 66.4 Å². The Hall–Kier alpha value is -2.40. The number of rotatable bonds is 2. The zero-order valence-electron chi connectivity index (χ0n) is 12.3. The van der Waals surface area contributed by atoms with Gasteiger partial charge in [-0.3, -0.25) is 9.59 Å². The van der Waals surface area contributed by atoms with Crippen LogP contribution in [0.5, 0.6) is 0 Å². The summed E-state index contributed by atoms with van der Waals surface area (Å²) in [6.07, 6.45) is 0. The summed E-state index contributed by atoms with van der Waals surface area (Å²) in [5.41, 5.74) is 2.38. The van der Waals surface area contributed by atoms with Crippen LogP contribution < -0.4 is 5.32 Å². The van der Waals surface area contributed by atoms with E-state index in [1.165, 1.54) is 0 Å². The lowest BCUT2D eigenvalue weighted by atomic mass is 9.95. The maximum atomic E-state index is 12.2. The van der Waals surface area contributed by atoms with Gasteiger partial charge in [0.25, 0.3) is 11.7 Å². The van der Waals surface area contributed by atoms with Gasteiger partial charge in [-0.1, -0.05) is 57.9 Å². The second-order valence-corrected chi connectivity index (χ2v) is 6.33. The van der Waals surface area contributed by atoms with Crippen molar-refractivity contribution in [2.45, 2.75) is 13.0 Å². The van der Waals surface area contributed by atoms with Crippen molar-refractivity contribution >= 4 is 33.4 Å². The highest BCUT2D eigenvalue weighted by Gasteiger charge is 2.39. The van der Waals surface area contributed by atoms with Crippen molar-refractivity contribution in [3.05, 3.63) is 75.3 Å². The Morgan fingerprint density at radius 1 is 1.04 bits per heavy atom. The number of halogens is 1. The zero-order chi connectivity index (χ0) is 16.6. The molecule has 0 aliphatic carbocycles. The maximum absolute atomic E-state index is 12.2. The molecule has 1 aliphatic rings. The predicted octanol–water partition coefficient (Wildman–Crippen LogP) is 3.47. The normalized spacial score (nSPS) is 19.7. The minimum Gasteiger partial charge on any atom is -0.507 e. The van der Waals surface area contributed by atoms with Gasteiger partial charge < -0.3 is 10.4 Å². The molecule has 0 bridgehead atoms. The van der Waals surface area contributed by atoms with Gasteiger partial charge in [0.15, 0.2) is 0 Å². The summed E-state index contributed by atoms with van der Waals surface area (Å²) in [7, 11) is 0. The molecule has 23 heavy (non-hydrogen) atoms. The van der Waals surface area contributed by atoms with Crippen molar-refractivity contribution < 1.29 is 14.7 Å². The molecule has 0 spiro atoms. The molecule has 0 aromatic heterocycles. The molecule has 1 amide bonds. The fourth-order valence-corrected chi connectivity index (χ4v) is 2.80. The van der Waals surface area contributed by atoms with E-state index in [2.05, 4.69) is 21.2 Å². The summed E-state index contributed by atoms with van der Waals surface area (Å²) in [5, 5.41) is 13.2. The van der Waals surface area contributed by atoms with Crippen LogP contribution in [0.1, 0.15) is 22.7 Å². The molecule has 5 heteroatoms. The number of aliphatic hydroxyl groups excluding tert-OH is 1. The van der Waals surface area contributed by atoms with Crippen molar-refractivity contribution in [1.82, 2.24) is 5.32 Å². The van der Waals surface area contributed by atoms with Crippen LogP contribution in [-0.2, 0) is 9.59 Å². The number of hydrogen-bond donors (Lipinski definition) is 2. The van der Waals surface area contributed by atoms with E-state index in [4.69, 9.17) is 0 Å². The van der Waals surface area contributed by atoms with Gasteiger partial charge in [0, 0.05) is 10.0 Å². The second kappa shape index (κ2) is 6.01. The summed E-state index contributed by atoms with van der Waals surface area (Å²) in [5.74, 6) is -1.57. The van der Waals surface area contributed by atoms with E-state index in [-0.39, 0.29) is 11.3 Å². The van der Waals surface area contributed by atoms with Gasteiger partial charge in [0.2, 0.25) is 0 Å². The van der Waals surface area contributed by atoms with E-state index in [9.17, 15) is 14.7 Å². The average Bonchev–Trinajstić information content (AvgIpc) is 2.84. The van der Waals surface area contributed by atoms with Crippen molar-refractivity contribution in [2.24, 2.45) is 0 Å². The number of carbonyl (C=O) groups is 2. The lowest BCUT2D eigenvalue weighted by molar-refractivity contribution is -0.133. The standard InChI is InChI=1S/C18H14BrNO3/c1-10-2-4-12(5-3-10)16(21)14-15(20-18(23)17(14)22)11-6-8-13(19)9-7-11/h2-9,15,21H,1H3,(H,20,23)/b16-14+. The Bertz CT molecular complexity index is 807. The molecule has 2 N–H and O–H groups in total. The van der Waals surface area contributed by atoms with E-state index < -0.39 is 17.7 Å². The molecule has 0 saturated carbocycles. The maximum Gasteiger partial charge on any atom is 0.293 e. The van der Waals surface area contributed by atoms with Crippen LogP contribution in [-0.4, -0.2) is 16.8 Å². The third-order valence-corrected chi connectivity index (χ3v) is 4.33. The summed E-state index contributed by atoms with van der Waals surface area (Å²) in [6.45, 7) is 1.93. The van der Waals surface area contributed by atoms with Crippen LogP contribution in [0.3, 0.4) is 0 Å². The van der Waals surface area contributed by atoms with Gasteiger partial charge in [0.05, 0.1) is 11.6 Å². The van der Waals surface area contributed by atoms with E-state index in [1.807, 2.05) is 31.2 Å². The molecule has 0 radical (unpaired) electrons. The second-order valence-electron chi connectivity index (χ2n) is 5.42. The average molecular weight is 372 g/mol. The summed E-state index contributed by atoms with van der Waals surface area (Å²) >= 11 is 3.35. The highest BCUT2D eigenvalue weighted by molar-refractivity contribution is 9.10. The van der Waals surface area contributed by atoms with Crippen LogP contribution >= 0.6 is 15.9 Å². The van der Waals surface area contributed by atoms with Crippen molar-refractivity contribution in [2.75, 3.05) is 0 Å². The van der Waals surface area contributed by atoms with Gasteiger partial charge in [-0.25, -0.2) is 0 Å². The van der Waals surface area contributed by atoms with Crippen LogP contribution in [0.4, 0.5) is 0 Å². The van der Waals surface area contributed by atoms with Crippen LogP contribution in [0, 0.1) is 6.92 Å². The first-order valence-corrected chi connectivity index (χ1v) is 7.87. The molecule has 1 heterocycles. The van der Waals surface area contributed by atoms with Gasteiger partial charge in [-0.2, -0.15) is 0 Å². The quantitative estimate of drug-likeness (QED) is 0.482. The van der Waals surface area contributed by atoms with Crippen LogP contribution in [0.2, 0.25) is 0 Å². The SMILES string of the molecule is Cc1ccc(/C(O)=C2\C(=O)C(=O)NC2c2ccc(Br)cc2)cc1. The fraction of sp³-hybridized carbons (Fsp3) is 0.111. The van der Waals surface area contributed by atoms with E-state index >= 15 is 0 Å². The largest absolute Gasteiger partial charge is 0.507 e. The van der Waals surface area contributed by atoms with Crippen molar-refractivity contribution in [3.63, 3.8) is 0 Å². The van der Waals surface area contributed by atoms with Crippen molar-refractivity contribution in [3.8, 4) is 0 Å². The molecular weight excluding hydrogens is 358 g/mol. The van der Waals surface area contributed by atoms with E-state index in [1.54, 1.807) is 24.3 Å². The molecule has 1 aliphatic heterocycles. The third-order valence-electron chi connectivity index (χ3n) is 3.80. The number of hydrogen-bond acceptors (Lipinski definition) is 3. The van der Waals surface area contributed by atoms with E-state index in [0.29, 0.717) is 5.56 Å². The van der Waals surface area contributed by atoms with E-state index in [0.717, 1.165) is 15.6 Å². The number of amides is 1. The monoisotopic (exact) mass is 371 g/mol. The Labute approximate surface area is 142 Å². The molecule has 1 atom stereocenters. The minimum absolute atomic E-state index is 0.0844. The Morgan fingerprint density at radius 3 is 2.26 bits per heavy atom. The minimum atomic E-state index is -0.702. The molecular formula is C18H14BrNO3. The van der Waals surface area contributed by atoms with Gasteiger partial charge >= 0.3 is 0 Å². The Balaban J connectivity index is 2.10. The first-order valence-electron chi connectivity index (χ1n) is 7.08. The molecule has 2 aromatic carbocycles. The number of ketones is 1. The number of aliphatic hydroxyl groups is 1. The number of nitrogens with one attached hydrogen (secondary N) is 1. The highest BCUT2D eigenvalue weighted by atomic mass is 79.9. The van der Waals surface area contributed by atoms with Gasteiger partial charge in [-0.15, -0.1) is 0 Å². The molecule has 2 aromatic rings. The van der Waals surface area contributed by atoms with Gasteiger partial charge in [0.1, 0.15) is 5.76 Å². The summed E-state index contributed by atoms with van der Waals surface area (Å²) in [6, 6.07) is 13.7. The molecule has 4 nitrogen and oxygen atoms in total. The summed E-state index contributed by atoms with van der Waals surface area (Å²) < 4.78 is 0.894. The Kier molecular flexibility index (Phi) is 4.05. The molecule has 1 fully saturated rings. The number of carbonyl (C=O) groups excluding carboxylic acids is 2. The predicted molar refractivity (Wildman–Crippen MR) is 90.8 cm³/mol. The number of Topliss-reactive ketones (excluding diaryl/α,β-unsaturated/α-hetero) is 1. The molecule has 116 valence electrons. The lowest BCUT2D eigenvalue weighted by Crippen LogP contribution is -2.21. The zero-order valence-corrected chi connectivity index (χ0v) is 13.9. The molecule has 1 saturated heterocycles. The first-order chi connectivity index (χ1) is 11.0. The van der Waals surface area contributed by atoms with Crippen LogP contribution in [0.15, 0.2) is 58.6 Å². The molecule has 1 unspecified atom stereocenters. The van der Waals surface area contributed by atoms with Crippen LogP contribution in [0.25, 0.3) is 5.76 Å². The van der Waals surface area contributed by atoms with Crippen molar-refractivity contribution in [1.29, 1.82) is 0 Å². The first kappa shape index (κ1) is 15.5. The third kappa shape index (κ3) is 2.92. The lowest BCUT2D eigenvalue weighted by Gasteiger charge is -2.14. The highest BCUT2D eigenvalue weighted by Crippen LogP contribution is 2.33. The number of aryl methyl sites for hydroxylation is 1. The summed E-state index contributed by atoms with van der Waals surface area (Å²) in [4.78, 5) is 24.0. The number of benzene rings is 2.